The number of carbonyl (C=O) groups is 1. The van der Waals surface area contributed by atoms with Crippen molar-refractivity contribution in [3.05, 3.63) is 59.1 Å². The van der Waals surface area contributed by atoms with Gasteiger partial charge in [-0.15, -0.1) is 0 Å². The number of anilines is 3. The predicted octanol–water partition coefficient (Wildman–Crippen LogP) is 3.39. The lowest BCUT2D eigenvalue weighted by Crippen LogP contribution is -2.14. The average Bonchev–Trinajstić information content (AvgIpc) is 2.96. The molecule has 2 N–H and O–H groups in total. The van der Waals surface area contributed by atoms with E-state index in [4.69, 9.17) is 4.52 Å². The first-order chi connectivity index (χ1) is 11.5. The van der Waals surface area contributed by atoms with Crippen LogP contribution in [0.25, 0.3) is 0 Å². The van der Waals surface area contributed by atoms with Crippen LogP contribution in [0.15, 0.2) is 41.2 Å². The molecule has 24 heavy (non-hydrogen) atoms. The lowest BCUT2D eigenvalue weighted by atomic mass is 10.1. The van der Waals surface area contributed by atoms with Crippen molar-refractivity contribution in [3.63, 3.8) is 0 Å². The van der Waals surface area contributed by atoms with Gasteiger partial charge in [0.05, 0.1) is 5.56 Å². The minimum absolute atomic E-state index is 0.257. The predicted molar refractivity (Wildman–Crippen MR) is 90.4 cm³/mol. The van der Waals surface area contributed by atoms with E-state index in [9.17, 15) is 4.79 Å². The maximum atomic E-state index is 12.3. The van der Waals surface area contributed by atoms with Crippen LogP contribution in [-0.2, 0) is 0 Å². The van der Waals surface area contributed by atoms with Gasteiger partial charge in [-0.3, -0.25) is 4.79 Å². The zero-order chi connectivity index (χ0) is 17.1. The normalized spacial score (nSPS) is 10.5. The Balaban J connectivity index is 1.70. The Hall–Kier alpha value is -3.22. The topological polar surface area (TPSA) is 92.9 Å². The molecule has 0 aliphatic rings. The van der Waals surface area contributed by atoms with Crippen LogP contribution in [0.1, 0.15) is 27.2 Å². The summed E-state index contributed by atoms with van der Waals surface area (Å²) in [5.41, 5.74) is 3.22. The fraction of sp³-hybridized carbons (Fsp3) is 0.176. The summed E-state index contributed by atoms with van der Waals surface area (Å²) in [7, 11) is 0. The van der Waals surface area contributed by atoms with Crippen molar-refractivity contribution >= 4 is 23.4 Å². The Kier molecular flexibility index (Phi) is 4.24. The van der Waals surface area contributed by atoms with Crippen LogP contribution >= 0.6 is 0 Å². The molecule has 3 rings (SSSR count). The summed E-state index contributed by atoms with van der Waals surface area (Å²) in [6.07, 6.45) is 2.92. The van der Waals surface area contributed by atoms with Gasteiger partial charge in [0.2, 0.25) is 5.95 Å². The SMILES string of the molecule is Cc1ccc(C)c(NC(=O)c2cnc(Nc3cc(C)on3)nc2)c1. The van der Waals surface area contributed by atoms with Crippen LogP contribution < -0.4 is 10.6 Å². The smallest absolute Gasteiger partial charge is 0.258 e. The molecule has 0 aliphatic carbocycles. The zero-order valence-electron chi connectivity index (χ0n) is 13.6. The van der Waals surface area contributed by atoms with Gasteiger partial charge < -0.3 is 15.2 Å². The summed E-state index contributed by atoms with van der Waals surface area (Å²) in [6, 6.07) is 7.62. The minimum Gasteiger partial charge on any atom is -0.360 e. The number of nitrogens with one attached hydrogen (secondary N) is 2. The Labute approximate surface area is 139 Å². The summed E-state index contributed by atoms with van der Waals surface area (Å²) in [4.78, 5) is 20.6. The molecule has 7 heteroatoms. The Morgan fingerprint density at radius 3 is 2.50 bits per heavy atom. The van der Waals surface area contributed by atoms with Gasteiger partial charge >= 0.3 is 0 Å². The Bertz CT molecular complexity index is 871. The van der Waals surface area contributed by atoms with Crippen molar-refractivity contribution in [1.82, 2.24) is 15.1 Å². The fourth-order valence-corrected chi connectivity index (χ4v) is 2.11. The van der Waals surface area contributed by atoms with Crippen molar-refractivity contribution in [2.75, 3.05) is 10.6 Å². The first-order valence-electron chi connectivity index (χ1n) is 7.42. The van der Waals surface area contributed by atoms with Crippen LogP contribution in [0.4, 0.5) is 17.5 Å². The van der Waals surface area contributed by atoms with E-state index in [2.05, 4.69) is 25.8 Å². The van der Waals surface area contributed by atoms with E-state index in [1.807, 2.05) is 32.0 Å². The number of rotatable bonds is 4. The second-order valence-electron chi connectivity index (χ2n) is 5.52. The third-order valence-electron chi connectivity index (χ3n) is 3.42. The molecule has 0 aliphatic heterocycles. The molecular weight excluding hydrogens is 306 g/mol. The molecule has 3 aromatic rings. The molecule has 0 bridgehead atoms. The standard InChI is InChI=1S/C17H17N5O2/c1-10-4-5-11(2)14(6-10)20-16(23)13-8-18-17(19-9-13)21-15-7-12(3)24-22-15/h4-9H,1-3H3,(H,20,23)(H,18,19,21,22). The highest BCUT2D eigenvalue weighted by Crippen LogP contribution is 2.17. The minimum atomic E-state index is -0.257. The number of amides is 1. The van der Waals surface area contributed by atoms with E-state index in [0.29, 0.717) is 23.1 Å². The molecule has 0 fully saturated rings. The van der Waals surface area contributed by atoms with Crippen molar-refractivity contribution in [1.29, 1.82) is 0 Å². The molecule has 122 valence electrons. The number of aryl methyl sites for hydroxylation is 3. The van der Waals surface area contributed by atoms with Crippen LogP contribution in [0.5, 0.6) is 0 Å². The summed E-state index contributed by atoms with van der Waals surface area (Å²) in [5.74, 6) is 1.28. The van der Waals surface area contributed by atoms with Crippen molar-refractivity contribution in [3.8, 4) is 0 Å². The van der Waals surface area contributed by atoms with E-state index in [1.54, 1.807) is 13.0 Å². The Morgan fingerprint density at radius 2 is 1.83 bits per heavy atom. The molecule has 0 unspecified atom stereocenters. The van der Waals surface area contributed by atoms with Gasteiger partial charge in [-0.25, -0.2) is 9.97 Å². The van der Waals surface area contributed by atoms with E-state index in [-0.39, 0.29) is 5.91 Å². The highest BCUT2D eigenvalue weighted by atomic mass is 16.5. The van der Waals surface area contributed by atoms with Gasteiger partial charge in [0, 0.05) is 24.1 Å². The second kappa shape index (κ2) is 6.49. The first kappa shape index (κ1) is 15.7. The van der Waals surface area contributed by atoms with E-state index in [0.717, 1.165) is 16.8 Å². The first-order valence-corrected chi connectivity index (χ1v) is 7.42. The summed E-state index contributed by atoms with van der Waals surface area (Å²) >= 11 is 0. The summed E-state index contributed by atoms with van der Waals surface area (Å²) in [5, 5.41) is 9.57. The lowest BCUT2D eigenvalue weighted by Gasteiger charge is -2.09. The fourth-order valence-electron chi connectivity index (χ4n) is 2.11. The molecule has 0 saturated carbocycles. The second-order valence-corrected chi connectivity index (χ2v) is 5.52. The van der Waals surface area contributed by atoms with E-state index >= 15 is 0 Å². The lowest BCUT2D eigenvalue weighted by molar-refractivity contribution is 0.102. The van der Waals surface area contributed by atoms with Crippen molar-refractivity contribution in [2.24, 2.45) is 0 Å². The number of benzene rings is 1. The molecule has 1 amide bonds. The number of nitrogens with zero attached hydrogens (tertiary/aromatic N) is 3. The van der Waals surface area contributed by atoms with Gasteiger partial charge in [0.1, 0.15) is 5.76 Å². The highest BCUT2D eigenvalue weighted by Gasteiger charge is 2.10. The van der Waals surface area contributed by atoms with Gasteiger partial charge in [-0.2, -0.15) is 0 Å². The van der Waals surface area contributed by atoms with E-state index in [1.165, 1.54) is 12.4 Å². The van der Waals surface area contributed by atoms with Crippen molar-refractivity contribution in [2.45, 2.75) is 20.8 Å². The number of hydrogen-bond acceptors (Lipinski definition) is 6. The molecule has 0 spiro atoms. The number of hydrogen-bond donors (Lipinski definition) is 2. The van der Waals surface area contributed by atoms with Crippen LogP contribution in [-0.4, -0.2) is 21.0 Å². The largest absolute Gasteiger partial charge is 0.360 e. The van der Waals surface area contributed by atoms with Gasteiger partial charge in [0.15, 0.2) is 5.82 Å². The maximum absolute atomic E-state index is 12.3. The Morgan fingerprint density at radius 1 is 1.08 bits per heavy atom. The quantitative estimate of drug-likeness (QED) is 0.764. The summed E-state index contributed by atoms with van der Waals surface area (Å²) in [6.45, 7) is 5.71. The molecule has 0 atom stereocenters. The van der Waals surface area contributed by atoms with Gasteiger partial charge in [-0.05, 0) is 38.0 Å². The maximum Gasteiger partial charge on any atom is 0.258 e. The molecule has 2 aromatic heterocycles. The highest BCUT2D eigenvalue weighted by molar-refractivity contribution is 6.04. The molecule has 0 radical (unpaired) electrons. The molecule has 1 aromatic carbocycles. The molecule has 0 saturated heterocycles. The molecule has 2 heterocycles. The summed E-state index contributed by atoms with van der Waals surface area (Å²) < 4.78 is 4.95. The molecular formula is C17H17N5O2. The monoisotopic (exact) mass is 323 g/mol. The third kappa shape index (κ3) is 3.57. The van der Waals surface area contributed by atoms with Crippen LogP contribution in [0.3, 0.4) is 0 Å². The van der Waals surface area contributed by atoms with E-state index < -0.39 is 0 Å². The zero-order valence-corrected chi connectivity index (χ0v) is 13.6. The van der Waals surface area contributed by atoms with Gasteiger partial charge in [0.25, 0.3) is 5.91 Å². The van der Waals surface area contributed by atoms with Crippen LogP contribution in [0, 0.1) is 20.8 Å². The van der Waals surface area contributed by atoms with Crippen LogP contribution in [0.2, 0.25) is 0 Å². The van der Waals surface area contributed by atoms with Gasteiger partial charge in [-0.1, -0.05) is 17.3 Å². The average molecular weight is 323 g/mol. The number of aromatic nitrogens is 3. The molecule has 7 nitrogen and oxygen atoms in total. The number of carbonyl (C=O) groups excluding carboxylic acids is 1. The van der Waals surface area contributed by atoms with Crippen molar-refractivity contribution < 1.29 is 9.32 Å². The third-order valence-corrected chi connectivity index (χ3v) is 3.42.